The van der Waals surface area contributed by atoms with E-state index < -0.39 is 30.4 Å². The molecule has 3 rings (SSSR count). The van der Waals surface area contributed by atoms with Gasteiger partial charge >= 0.3 is 0 Å². The SMILES string of the molecule is CC1(C)O[C@H]2O[C@H](/C=N/NC(=O)c3ccccc3)[C@H](O)[C@H]2O1. The Balaban J connectivity index is 1.55. The van der Waals surface area contributed by atoms with E-state index in [1.165, 1.54) is 6.21 Å². The number of hydrazone groups is 1. The first-order valence-electron chi connectivity index (χ1n) is 7.04. The number of nitrogens with zero attached hydrogens (tertiary/aromatic N) is 1. The van der Waals surface area contributed by atoms with Crippen molar-refractivity contribution in [2.24, 2.45) is 5.10 Å². The molecule has 7 heteroatoms. The molecule has 1 aromatic rings. The number of rotatable bonds is 3. The molecule has 2 aliphatic rings. The van der Waals surface area contributed by atoms with Crippen LogP contribution in [0.1, 0.15) is 24.2 Å². The third-order valence-electron chi connectivity index (χ3n) is 3.48. The zero-order valence-corrected chi connectivity index (χ0v) is 12.3. The molecular formula is C15H18N2O5. The van der Waals surface area contributed by atoms with E-state index in [4.69, 9.17) is 14.2 Å². The van der Waals surface area contributed by atoms with Gasteiger partial charge in [0, 0.05) is 5.56 Å². The highest BCUT2D eigenvalue weighted by molar-refractivity contribution is 5.94. The summed E-state index contributed by atoms with van der Waals surface area (Å²) in [5.74, 6) is -1.11. The van der Waals surface area contributed by atoms with Crippen molar-refractivity contribution in [1.82, 2.24) is 5.43 Å². The molecule has 2 saturated heterocycles. The second kappa shape index (κ2) is 5.77. The van der Waals surface area contributed by atoms with Gasteiger partial charge in [0.1, 0.15) is 18.3 Å². The van der Waals surface area contributed by atoms with Crippen molar-refractivity contribution in [3.8, 4) is 0 Å². The summed E-state index contributed by atoms with van der Waals surface area (Å²) < 4.78 is 16.6. The summed E-state index contributed by atoms with van der Waals surface area (Å²) in [6, 6.07) is 8.71. The number of aliphatic hydroxyl groups is 1. The van der Waals surface area contributed by atoms with E-state index in [9.17, 15) is 9.90 Å². The van der Waals surface area contributed by atoms with Crippen LogP contribution in [0.25, 0.3) is 0 Å². The largest absolute Gasteiger partial charge is 0.387 e. The van der Waals surface area contributed by atoms with Gasteiger partial charge < -0.3 is 19.3 Å². The third kappa shape index (κ3) is 3.02. The number of carbonyl (C=O) groups is 1. The molecule has 2 fully saturated rings. The van der Waals surface area contributed by atoms with Gasteiger partial charge in [-0.15, -0.1) is 0 Å². The fourth-order valence-corrected chi connectivity index (χ4v) is 2.46. The Morgan fingerprint density at radius 2 is 2.05 bits per heavy atom. The lowest BCUT2D eigenvalue weighted by molar-refractivity contribution is -0.206. The van der Waals surface area contributed by atoms with Gasteiger partial charge in [-0.25, -0.2) is 5.43 Å². The third-order valence-corrected chi connectivity index (χ3v) is 3.48. The van der Waals surface area contributed by atoms with E-state index in [0.29, 0.717) is 5.56 Å². The summed E-state index contributed by atoms with van der Waals surface area (Å²) in [4.78, 5) is 11.8. The molecule has 0 spiro atoms. The second-order valence-electron chi connectivity index (χ2n) is 5.64. The Morgan fingerprint density at radius 1 is 1.32 bits per heavy atom. The molecule has 1 amide bonds. The standard InChI is InChI=1S/C15H18N2O5/c1-15(2)21-12-11(18)10(20-14(12)22-15)8-16-17-13(19)9-6-4-3-5-7-9/h3-8,10-12,14,18H,1-2H3,(H,17,19)/b16-8+/t10-,11+,12-,14-/m1/s1. The maximum atomic E-state index is 11.8. The monoisotopic (exact) mass is 306 g/mol. The zero-order valence-electron chi connectivity index (χ0n) is 12.3. The molecular weight excluding hydrogens is 288 g/mol. The van der Waals surface area contributed by atoms with Crippen molar-refractivity contribution >= 4 is 12.1 Å². The topological polar surface area (TPSA) is 89.4 Å². The molecule has 2 N–H and O–H groups in total. The summed E-state index contributed by atoms with van der Waals surface area (Å²) in [6.45, 7) is 3.51. The maximum Gasteiger partial charge on any atom is 0.271 e. The molecule has 2 heterocycles. The summed E-state index contributed by atoms with van der Waals surface area (Å²) in [6.07, 6.45) is -1.45. The minimum atomic E-state index is -0.899. The number of amides is 1. The highest BCUT2D eigenvalue weighted by Crippen LogP contribution is 2.36. The summed E-state index contributed by atoms with van der Waals surface area (Å²) in [5, 5.41) is 14.0. The van der Waals surface area contributed by atoms with Gasteiger partial charge in [0.2, 0.25) is 0 Å². The number of carbonyl (C=O) groups excluding carboxylic acids is 1. The van der Waals surface area contributed by atoms with Gasteiger partial charge in [-0.05, 0) is 26.0 Å². The fraction of sp³-hybridized carbons (Fsp3) is 0.467. The Morgan fingerprint density at radius 3 is 2.73 bits per heavy atom. The van der Waals surface area contributed by atoms with Crippen LogP contribution in [0.2, 0.25) is 0 Å². The molecule has 22 heavy (non-hydrogen) atoms. The molecule has 7 nitrogen and oxygen atoms in total. The molecule has 0 unspecified atom stereocenters. The predicted octanol–water partition coefficient (Wildman–Crippen LogP) is 0.639. The average molecular weight is 306 g/mol. The van der Waals surface area contributed by atoms with Crippen LogP contribution in [0.15, 0.2) is 35.4 Å². The highest BCUT2D eigenvalue weighted by atomic mass is 16.8. The molecule has 0 saturated carbocycles. The van der Waals surface area contributed by atoms with Gasteiger partial charge in [-0.3, -0.25) is 4.79 Å². The van der Waals surface area contributed by atoms with Crippen LogP contribution in [0, 0.1) is 0 Å². The van der Waals surface area contributed by atoms with Crippen LogP contribution in [0.3, 0.4) is 0 Å². The van der Waals surface area contributed by atoms with Crippen molar-refractivity contribution < 1.29 is 24.1 Å². The average Bonchev–Trinajstić information content (AvgIpc) is 2.94. The van der Waals surface area contributed by atoms with Crippen molar-refractivity contribution in [3.05, 3.63) is 35.9 Å². The van der Waals surface area contributed by atoms with Crippen molar-refractivity contribution in [3.63, 3.8) is 0 Å². The van der Waals surface area contributed by atoms with Crippen LogP contribution in [0.4, 0.5) is 0 Å². The van der Waals surface area contributed by atoms with E-state index in [1.807, 2.05) is 6.07 Å². The van der Waals surface area contributed by atoms with Crippen LogP contribution in [-0.4, -0.2) is 47.6 Å². The van der Waals surface area contributed by atoms with Gasteiger partial charge in [-0.1, -0.05) is 18.2 Å². The lowest BCUT2D eigenvalue weighted by atomic mass is 10.1. The molecule has 0 aliphatic carbocycles. The second-order valence-corrected chi connectivity index (χ2v) is 5.64. The number of ether oxygens (including phenoxy) is 3. The first kappa shape index (κ1) is 15.1. The van der Waals surface area contributed by atoms with Gasteiger partial charge in [0.05, 0.1) is 6.21 Å². The Bertz CT molecular complexity index is 575. The number of fused-ring (bicyclic) bond motifs is 1. The summed E-state index contributed by atoms with van der Waals surface area (Å²) >= 11 is 0. The van der Waals surface area contributed by atoms with Crippen LogP contribution in [0.5, 0.6) is 0 Å². The Labute approximate surface area is 127 Å². The molecule has 0 bridgehead atoms. The molecule has 0 radical (unpaired) electrons. The molecule has 4 atom stereocenters. The van der Waals surface area contributed by atoms with Crippen molar-refractivity contribution in [1.29, 1.82) is 0 Å². The van der Waals surface area contributed by atoms with E-state index in [1.54, 1.807) is 38.1 Å². The summed E-state index contributed by atoms with van der Waals surface area (Å²) in [7, 11) is 0. The van der Waals surface area contributed by atoms with E-state index in [0.717, 1.165) is 0 Å². The van der Waals surface area contributed by atoms with Gasteiger partial charge in [0.25, 0.3) is 5.91 Å². The van der Waals surface area contributed by atoms with Crippen LogP contribution in [-0.2, 0) is 14.2 Å². The van der Waals surface area contributed by atoms with Gasteiger partial charge in [0.15, 0.2) is 12.1 Å². The number of nitrogens with one attached hydrogen (secondary N) is 1. The quantitative estimate of drug-likeness (QED) is 0.632. The summed E-state index contributed by atoms with van der Waals surface area (Å²) in [5.41, 5.74) is 2.88. The van der Waals surface area contributed by atoms with E-state index in [2.05, 4.69) is 10.5 Å². The smallest absolute Gasteiger partial charge is 0.271 e. The lowest BCUT2D eigenvalue weighted by Gasteiger charge is -2.21. The zero-order chi connectivity index (χ0) is 15.7. The van der Waals surface area contributed by atoms with E-state index >= 15 is 0 Å². The number of aliphatic hydroxyl groups excluding tert-OH is 1. The maximum absolute atomic E-state index is 11.8. The van der Waals surface area contributed by atoms with Crippen molar-refractivity contribution in [2.75, 3.05) is 0 Å². The molecule has 118 valence electrons. The fourth-order valence-electron chi connectivity index (χ4n) is 2.46. The molecule has 0 aromatic heterocycles. The van der Waals surface area contributed by atoms with E-state index in [-0.39, 0.29) is 5.91 Å². The first-order chi connectivity index (χ1) is 10.5. The predicted molar refractivity (Wildman–Crippen MR) is 77.1 cm³/mol. The van der Waals surface area contributed by atoms with Gasteiger partial charge in [-0.2, -0.15) is 5.10 Å². The number of hydrogen-bond donors (Lipinski definition) is 2. The normalized spacial score (nSPS) is 33.0. The van der Waals surface area contributed by atoms with Crippen molar-refractivity contribution in [2.45, 2.75) is 44.2 Å². The molecule has 2 aliphatic heterocycles. The number of benzene rings is 1. The molecule has 1 aromatic carbocycles. The minimum absolute atomic E-state index is 0.335. The lowest BCUT2D eigenvalue weighted by Crippen LogP contribution is -2.35. The first-order valence-corrected chi connectivity index (χ1v) is 7.04. The van der Waals surface area contributed by atoms with Crippen LogP contribution < -0.4 is 5.43 Å². The highest BCUT2D eigenvalue weighted by Gasteiger charge is 2.53. The van der Waals surface area contributed by atoms with Crippen LogP contribution >= 0.6 is 0 Å². The Hall–Kier alpha value is -1.80. The Kier molecular flexibility index (Phi) is 3.96. The number of hydrogen-bond acceptors (Lipinski definition) is 6. The minimum Gasteiger partial charge on any atom is -0.387 e.